The third-order valence-corrected chi connectivity index (χ3v) is 22.5. The lowest BCUT2D eigenvalue weighted by molar-refractivity contribution is -0.153. The lowest BCUT2D eigenvalue weighted by Crippen LogP contribution is -2.65. The summed E-state index contributed by atoms with van der Waals surface area (Å²) in [5, 5.41) is 59.2. The van der Waals surface area contributed by atoms with E-state index in [0.717, 1.165) is 5.56 Å². The largest absolute Gasteiger partial charge is 0.459 e. The summed E-state index contributed by atoms with van der Waals surface area (Å²) >= 11 is 0. The van der Waals surface area contributed by atoms with Gasteiger partial charge in [0, 0.05) is 0 Å². The van der Waals surface area contributed by atoms with Crippen molar-refractivity contribution in [1.29, 1.82) is 0 Å². The van der Waals surface area contributed by atoms with E-state index in [0.29, 0.717) is 0 Å². The lowest BCUT2D eigenvalue weighted by atomic mass is 10.0. The normalized spacial score (nSPS) is 14.7. The molecule has 1 aromatic carbocycles. The Labute approximate surface area is 858 Å². The Bertz CT molecular complexity index is 4980. The zero-order chi connectivity index (χ0) is 115. The van der Waals surface area contributed by atoms with Crippen molar-refractivity contribution in [3.05, 3.63) is 35.9 Å². The minimum atomic E-state index is -1.80. The summed E-state index contributed by atoms with van der Waals surface area (Å²) in [6.07, 6.45) is -0.868. The number of alkyl carbamates (subject to hydrolysis) is 1. The van der Waals surface area contributed by atoms with Gasteiger partial charge in [0.1, 0.15) is 151 Å². The van der Waals surface area contributed by atoms with Crippen molar-refractivity contribution in [2.45, 2.75) is 421 Å². The first-order valence-electron chi connectivity index (χ1n) is 47.6. The number of benzene rings is 1. The highest BCUT2D eigenvalue weighted by Gasteiger charge is 2.47. The van der Waals surface area contributed by atoms with Crippen molar-refractivity contribution < 1.29 is 129 Å². The predicted molar refractivity (Wildman–Crippen MR) is 535 cm³/mol. The molecule has 0 aliphatic heterocycles. The molecule has 0 spiro atoms. The van der Waals surface area contributed by atoms with Crippen LogP contribution in [0.4, 0.5) is 4.79 Å². The molecule has 24 N–H and O–H groups in total. The van der Waals surface area contributed by atoms with Gasteiger partial charge >= 0.3 is 12.1 Å². The number of ether oxygens (including phenoxy) is 2. The maximum absolute atomic E-state index is 13.7. The van der Waals surface area contributed by atoms with Crippen LogP contribution in [0.5, 0.6) is 0 Å². The van der Waals surface area contributed by atoms with Gasteiger partial charge in [-0.2, -0.15) is 0 Å². The molecule has 0 saturated carbocycles. The Kier molecular flexibility index (Phi) is 45.6. The minimum Gasteiger partial charge on any atom is -0.459 e. The molecule has 0 fully saturated rings. The van der Waals surface area contributed by atoms with Gasteiger partial charge in [0.2, 0.25) is 136 Å². The van der Waals surface area contributed by atoms with Gasteiger partial charge in [-0.1, -0.05) is 30.3 Å². The van der Waals surface area contributed by atoms with Gasteiger partial charge in [-0.15, -0.1) is 0 Å². The van der Waals surface area contributed by atoms with E-state index in [9.17, 15) is 120 Å². The molecule has 0 aliphatic carbocycles. The highest BCUT2D eigenvalue weighted by molar-refractivity contribution is 6.06. The van der Waals surface area contributed by atoms with Gasteiger partial charge < -0.3 is 137 Å². The molecule has 1 rings (SSSR count). The van der Waals surface area contributed by atoms with Crippen LogP contribution in [0.2, 0.25) is 0 Å². The van der Waals surface area contributed by atoms with Crippen LogP contribution in [-0.2, 0) is 131 Å². The Balaban J connectivity index is 2.82. The van der Waals surface area contributed by atoms with Gasteiger partial charge in [-0.25, -0.2) is 9.59 Å². The second kappa shape index (κ2) is 51.2. The lowest BCUT2D eigenvalue weighted by Gasteiger charge is -2.32. The smallest absolute Gasteiger partial charge is 0.408 e. The number of rotatable bonds is 50. The summed E-state index contributed by atoms with van der Waals surface area (Å²) < 4.78 is 10.5. The molecule has 0 unspecified atom stereocenters. The van der Waals surface area contributed by atoms with Crippen LogP contribution in [0.1, 0.15) is 276 Å². The fourth-order valence-electron chi connectivity index (χ4n) is 12.0. The van der Waals surface area contributed by atoms with Gasteiger partial charge in [0.15, 0.2) is 0 Å². The molecule has 826 valence electrons. The topological polar surface area (TPSA) is 734 Å². The monoisotopic (exact) mass is 2080 g/mol. The Morgan fingerprint density at radius 2 is 0.313 bits per heavy atom. The van der Waals surface area contributed by atoms with Crippen LogP contribution >= 0.6 is 0 Å². The molecule has 0 radical (unpaired) electrons. The molecule has 51 nitrogen and oxygen atoms in total. The van der Waals surface area contributed by atoms with Crippen LogP contribution in [0.25, 0.3) is 0 Å². The zero-order valence-electron chi connectivity index (χ0n) is 92.0. The first kappa shape index (κ1) is 131. The molecule has 0 heterocycles. The average Bonchev–Trinajstić information content (AvgIpc) is 0.831. The fraction of sp³-hybridized carbons (Fsp3) is 0.677. The number of carbonyl (C=O) groups is 25. The van der Waals surface area contributed by atoms with E-state index in [4.69, 9.17) is 9.47 Å². The molecule has 0 aromatic heterocycles. The van der Waals surface area contributed by atoms with Crippen LogP contribution in [0, 0.1) is 0 Å². The minimum absolute atomic E-state index is 0.0429. The van der Waals surface area contributed by atoms with Crippen molar-refractivity contribution >= 4 is 148 Å². The summed E-state index contributed by atoms with van der Waals surface area (Å²) in [5.74, 6) is -20.8. The molecule has 1 aromatic rings. The van der Waals surface area contributed by atoms with Gasteiger partial charge in [0.05, 0.1) is 0 Å². The van der Waals surface area contributed by atoms with Gasteiger partial charge in [0.25, 0.3) is 0 Å². The van der Waals surface area contributed by atoms with Crippen LogP contribution in [-0.4, -0.2) is 292 Å². The van der Waals surface area contributed by atoms with E-state index in [1.54, 1.807) is 51.1 Å². The van der Waals surface area contributed by atoms with Crippen molar-refractivity contribution in [2.24, 2.45) is 0 Å². The molecule has 0 saturated heterocycles. The Morgan fingerprint density at radius 3 is 0.442 bits per heavy atom. The van der Waals surface area contributed by atoms with E-state index in [-0.39, 0.29) is 6.61 Å². The van der Waals surface area contributed by atoms with E-state index in [1.807, 2.05) is 0 Å². The summed E-state index contributed by atoms with van der Waals surface area (Å²) in [7, 11) is 0. The summed E-state index contributed by atoms with van der Waals surface area (Å²) in [6, 6.07) is -7.08. The van der Waals surface area contributed by atoms with Crippen LogP contribution in [0.15, 0.2) is 30.3 Å². The maximum atomic E-state index is 13.7. The highest BCUT2D eigenvalue weighted by Crippen LogP contribution is 2.19. The van der Waals surface area contributed by atoms with E-state index in [1.165, 1.54) is 249 Å². The fourth-order valence-corrected chi connectivity index (χ4v) is 12.0. The number of esters is 1. The molecule has 12 atom stereocenters. The number of hydrogen-bond donors (Lipinski definition) is 24. The second-order valence-corrected chi connectivity index (χ2v) is 43.9. The van der Waals surface area contributed by atoms with Crippen molar-refractivity contribution in [2.75, 3.05) is 0 Å². The van der Waals surface area contributed by atoms with Crippen molar-refractivity contribution in [3.63, 3.8) is 0 Å². The molecule has 51 heteroatoms. The Hall–Kier alpha value is -14.2. The number of nitrogens with one attached hydrogen (secondary N) is 24. The van der Waals surface area contributed by atoms with E-state index >= 15 is 0 Å². The third-order valence-electron chi connectivity index (χ3n) is 22.5. The molecule has 147 heavy (non-hydrogen) atoms. The number of carbonyl (C=O) groups excluding carboxylic acids is 25. The Morgan fingerprint density at radius 1 is 0.190 bits per heavy atom. The maximum Gasteiger partial charge on any atom is 0.408 e. The first-order chi connectivity index (χ1) is 66.2. The van der Waals surface area contributed by atoms with E-state index in [2.05, 4.69) is 128 Å². The standard InChI is InChI=1S/C96H160N24O27/c1-46(59(121)110-86(18,19)72(134)99-48(3)61(123)112-88(22,23)74(136)101-50(5)63(125)114-90(26,27)76(138)103-52(7)65(127)116-92(30,31)78(140)105-54(9)67(129)118-94(34,35)80(142)107-56(11)69(131)120-96(38,39)82(144)146-45-58-43-41-40-42-44-58)97-71(133)85(16,17)109-60(122)47(2)98-73(135)87(20,21)111-62(124)49(4)100-75(137)89(24,25)113-64(126)51(6)102-77(139)91(28,29)115-66(128)53(8)104-79(141)93(32,33)117-68(130)55(10)106-81(143)95(36,37)119-70(132)57(12)108-83(145)147-84(13,14)15/h40-44,46-57H,45H2,1-39H3,(H,97,133)(H,98,135)(H,99,134)(H,100,137)(H,101,136)(H,102,139)(H,103,138)(H,104,141)(H,105,140)(H,106,143)(H,107,142)(H,108,145)(H,109,122)(H,110,121)(H,111,124)(H,112,123)(H,113,126)(H,114,125)(H,115,128)(H,116,127)(H,117,130)(H,118,129)(H,119,132)(H,120,131)/t46-,47-,48-,49-,50-,51-,52-,53-,54-,55-,56-,57-/m0/s1. The van der Waals surface area contributed by atoms with Gasteiger partial charge in [-0.05, 0) is 276 Å². The predicted octanol–water partition coefficient (Wildman–Crippen LogP) is -4.07. The zero-order valence-corrected chi connectivity index (χ0v) is 92.0. The molecular weight excluding hydrogens is 1920 g/mol. The van der Waals surface area contributed by atoms with Gasteiger partial charge in [-0.3, -0.25) is 110 Å². The third kappa shape index (κ3) is 41.3. The number of amides is 24. The molecular formula is C96H160N24O27. The highest BCUT2D eigenvalue weighted by atomic mass is 16.6. The quantitative estimate of drug-likeness (QED) is 0.0276. The molecule has 0 bridgehead atoms. The van der Waals surface area contributed by atoms with Crippen molar-refractivity contribution in [1.82, 2.24) is 128 Å². The summed E-state index contributed by atoms with van der Waals surface area (Å²) in [5.41, 5.74) is -20.9. The first-order valence-corrected chi connectivity index (χ1v) is 47.6. The SMILES string of the molecule is C[C@H](NC(=O)OC(C)(C)C)C(=O)NC(C)(C)C(=O)N[C@@H](C)C(=O)NC(C)(C)C(=O)N[C@@H](C)C(=O)NC(C)(C)C(=O)N[C@@H](C)C(=O)NC(C)(C)C(=O)N[C@@H](C)C(=O)NC(C)(C)C(=O)N[C@@H](C)C(=O)NC(C)(C)C(=O)N[C@@H](C)C(=O)NC(C)(C)C(=O)N[C@@H](C)C(=O)NC(C)(C)C(=O)N[C@@H](C)C(=O)NC(C)(C)C(=O)N[C@@H](C)C(=O)NC(C)(C)C(=O)N[C@@H](C)C(=O)NC(C)(C)C(=O)N[C@@H](C)C(=O)NC(C)(C)C(=O)OCc1ccccc1. The van der Waals surface area contributed by atoms with Crippen LogP contribution < -0.4 is 128 Å². The summed E-state index contributed by atoms with van der Waals surface area (Å²) in [6.45, 7) is 51.8. The number of hydrogen-bond acceptors (Lipinski definition) is 27. The molecule has 0 aliphatic rings. The van der Waals surface area contributed by atoms with Crippen LogP contribution in [0.3, 0.4) is 0 Å². The average molecular weight is 2080 g/mol. The van der Waals surface area contributed by atoms with E-state index < -0.39 is 292 Å². The summed E-state index contributed by atoms with van der Waals surface area (Å²) in [4.78, 5) is 335. The van der Waals surface area contributed by atoms with Crippen molar-refractivity contribution in [3.8, 4) is 0 Å². The second-order valence-electron chi connectivity index (χ2n) is 43.9. The molecule has 24 amide bonds.